The molecule has 0 saturated carbocycles. The Morgan fingerprint density at radius 1 is 1.31 bits per heavy atom. The van der Waals surface area contributed by atoms with Gasteiger partial charge in [0.15, 0.2) is 0 Å². The SMILES string of the molecule is CCOC(=O)C1(Cc2ccccc2F)CCCN(C(=O)Cc2c(C)noc2C)C1. The lowest BCUT2D eigenvalue weighted by Gasteiger charge is -2.41. The van der Waals surface area contributed by atoms with Crippen LogP contribution in [-0.4, -0.2) is 41.6 Å². The summed E-state index contributed by atoms with van der Waals surface area (Å²) < 4.78 is 24.8. The number of piperidine rings is 1. The largest absolute Gasteiger partial charge is 0.466 e. The van der Waals surface area contributed by atoms with Gasteiger partial charge in [-0.2, -0.15) is 0 Å². The Balaban J connectivity index is 1.84. The summed E-state index contributed by atoms with van der Waals surface area (Å²) in [6.45, 7) is 6.34. The van der Waals surface area contributed by atoms with Crippen LogP contribution < -0.4 is 0 Å². The number of rotatable bonds is 6. The Hall–Kier alpha value is -2.70. The second-order valence-corrected chi connectivity index (χ2v) is 7.67. The van der Waals surface area contributed by atoms with Crippen molar-refractivity contribution >= 4 is 11.9 Å². The van der Waals surface area contributed by atoms with Crippen LogP contribution in [0, 0.1) is 25.1 Å². The number of hydrogen-bond donors (Lipinski definition) is 0. The maximum atomic E-state index is 14.3. The van der Waals surface area contributed by atoms with Gasteiger partial charge in [-0.1, -0.05) is 23.4 Å². The second kappa shape index (κ2) is 8.76. The van der Waals surface area contributed by atoms with E-state index in [2.05, 4.69) is 5.16 Å². The van der Waals surface area contributed by atoms with Crippen LogP contribution in [0.25, 0.3) is 0 Å². The Morgan fingerprint density at radius 3 is 2.72 bits per heavy atom. The van der Waals surface area contributed by atoms with E-state index in [-0.39, 0.29) is 43.7 Å². The van der Waals surface area contributed by atoms with Crippen molar-refractivity contribution in [2.75, 3.05) is 19.7 Å². The first kappa shape index (κ1) is 21.0. The van der Waals surface area contributed by atoms with Crippen LogP contribution in [-0.2, 0) is 27.2 Å². The van der Waals surface area contributed by atoms with E-state index in [1.165, 1.54) is 6.07 Å². The van der Waals surface area contributed by atoms with Crippen molar-refractivity contribution in [1.29, 1.82) is 0 Å². The Bertz CT molecular complexity index is 875. The molecule has 29 heavy (non-hydrogen) atoms. The Labute approximate surface area is 170 Å². The van der Waals surface area contributed by atoms with Gasteiger partial charge < -0.3 is 14.2 Å². The molecule has 7 heteroatoms. The highest BCUT2D eigenvalue weighted by Gasteiger charge is 2.45. The van der Waals surface area contributed by atoms with Crippen molar-refractivity contribution in [3.05, 3.63) is 52.7 Å². The average molecular weight is 402 g/mol. The van der Waals surface area contributed by atoms with Crippen molar-refractivity contribution in [1.82, 2.24) is 10.1 Å². The van der Waals surface area contributed by atoms with Crippen molar-refractivity contribution < 1.29 is 23.2 Å². The summed E-state index contributed by atoms with van der Waals surface area (Å²) in [5.41, 5.74) is 0.970. The van der Waals surface area contributed by atoms with E-state index in [1.54, 1.807) is 43.9 Å². The molecule has 1 aromatic heterocycles. The number of aryl methyl sites for hydroxylation is 2. The second-order valence-electron chi connectivity index (χ2n) is 7.67. The fourth-order valence-corrected chi connectivity index (χ4v) is 4.04. The van der Waals surface area contributed by atoms with Gasteiger partial charge in [0.05, 0.1) is 24.1 Å². The van der Waals surface area contributed by atoms with Gasteiger partial charge in [0.2, 0.25) is 5.91 Å². The Morgan fingerprint density at radius 2 is 2.07 bits per heavy atom. The first-order chi connectivity index (χ1) is 13.9. The number of halogens is 1. The molecule has 1 aliphatic heterocycles. The number of nitrogens with zero attached hydrogens (tertiary/aromatic N) is 2. The summed E-state index contributed by atoms with van der Waals surface area (Å²) >= 11 is 0. The molecule has 1 amide bonds. The van der Waals surface area contributed by atoms with Gasteiger partial charge in [0, 0.05) is 18.7 Å². The summed E-state index contributed by atoms with van der Waals surface area (Å²) in [6, 6.07) is 6.44. The zero-order chi connectivity index (χ0) is 21.0. The van der Waals surface area contributed by atoms with Gasteiger partial charge in [-0.25, -0.2) is 4.39 Å². The molecule has 3 rings (SSSR count). The molecule has 1 aliphatic rings. The van der Waals surface area contributed by atoms with Gasteiger partial charge in [-0.05, 0) is 51.7 Å². The number of amides is 1. The molecule has 1 atom stereocenters. The number of carbonyl (C=O) groups excluding carboxylic acids is 2. The number of aromatic nitrogens is 1. The molecule has 1 unspecified atom stereocenters. The maximum absolute atomic E-state index is 14.3. The minimum absolute atomic E-state index is 0.0960. The highest BCUT2D eigenvalue weighted by molar-refractivity contribution is 5.82. The molecule has 1 aromatic carbocycles. The van der Waals surface area contributed by atoms with E-state index in [1.807, 2.05) is 0 Å². The van der Waals surface area contributed by atoms with E-state index >= 15 is 0 Å². The first-order valence-electron chi connectivity index (χ1n) is 9.96. The van der Waals surface area contributed by atoms with Crippen LogP contribution in [0.5, 0.6) is 0 Å². The lowest BCUT2D eigenvalue weighted by molar-refractivity contribution is -0.160. The molecule has 0 radical (unpaired) electrons. The van der Waals surface area contributed by atoms with Crippen LogP contribution in [0.2, 0.25) is 0 Å². The first-order valence-corrected chi connectivity index (χ1v) is 9.96. The molecular weight excluding hydrogens is 375 g/mol. The lowest BCUT2D eigenvalue weighted by atomic mass is 9.74. The molecule has 2 aromatic rings. The summed E-state index contributed by atoms with van der Waals surface area (Å²) in [5.74, 6) is -0.203. The highest BCUT2D eigenvalue weighted by atomic mass is 19.1. The molecule has 156 valence electrons. The average Bonchev–Trinajstić information content (AvgIpc) is 3.02. The molecule has 0 spiro atoms. The number of hydrogen-bond acceptors (Lipinski definition) is 5. The molecule has 0 aliphatic carbocycles. The van der Waals surface area contributed by atoms with Gasteiger partial charge in [-0.15, -0.1) is 0 Å². The molecule has 0 bridgehead atoms. The van der Waals surface area contributed by atoms with Crippen molar-refractivity contribution in [3.8, 4) is 0 Å². The standard InChI is InChI=1S/C22H27FN2O4/c1-4-28-21(27)22(13-17-8-5-6-9-19(17)23)10-7-11-25(14-22)20(26)12-18-15(2)24-29-16(18)3/h5-6,8-9H,4,7,10-14H2,1-3H3. The molecular formula is C22H27FN2O4. The summed E-state index contributed by atoms with van der Waals surface area (Å²) in [4.78, 5) is 27.6. The minimum Gasteiger partial charge on any atom is -0.466 e. The normalized spacial score (nSPS) is 19.2. The van der Waals surface area contributed by atoms with E-state index in [9.17, 15) is 14.0 Å². The predicted octanol–water partition coefficient (Wildman–Crippen LogP) is 3.39. The van der Waals surface area contributed by atoms with E-state index < -0.39 is 5.41 Å². The Kier molecular flexibility index (Phi) is 6.35. The molecule has 6 nitrogen and oxygen atoms in total. The van der Waals surface area contributed by atoms with E-state index in [4.69, 9.17) is 9.26 Å². The number of ether oxygens (including phenoxy) is 1. The van der Waals surface area contributed by atoms with Crippen LogP contribution in [0.4, 0.5) is 4.39 Å². The van der Waals surface area contributed by atoms with Gasteiger partial charge in [-0.3, -0.25) is 9.59 Å². The van der Waals surface area contributed by atoms with Crippen LogP contribution in [0.3, 0.4) is 0 Å². The number of carbonyl (C=O) groups is 2. The highest BCUT2D eigenvalue weighted by Crippen LogP contribution is 2.36. The summed E-state index contributed by atoms with van der Waals surface area (Å²) in [7, 11) is 0. The molecule has 0 N–H and O–H groups in total. The van der Waals surface area contributed by atoms with Crippen LogP contribution >= 0.6 is 0 Å². The fraction of sp³-hybridized carbons (Fsp3) is 0.500. The van der Waals surface area contributed by atoms with Crippen molar-refractivity contribution in [3.63, 3.8) is 0 Å². The zero-order valence-corrected chi connectivity index (χ0v) is 17.2. The predicted molar refractivity (Wildman–Crippen MR) is 105 cm³/mol. The van der Waals surface area contributed by atoms with Gasteiger partial charge in [0.25, 0.3) is 0 Å². The third kappa shape index (κ3) is 4.49. The lowest BCUT2D eigenvalue weighted by Crippen LogP contribution is -2.52. The van der Waals surface area contributed by atoms with Gasteiger partial charge >= 0.3 is 5.97 Å². The summed E-state index contributed by atoms with van der Waals surface area (Å²) in [5, 5.41) is 3.90. The zero-order valence-electron chi connectivity index (χ0n) is 17.2. The van der Waals surface area contributed by atoms with E-state index in [0.717, 1.165) is 5.56 Å². The third-order valence-electron chi connectivity index (χ3n) is 5.63. The molecule has 1 saturated heterocycles. The van der Waals surface area contributed by atoms with E-state index in [0.29, 0.717) is 36.4 Å². The van der Waals surface area contributed by atoms with Gasteiger partial charge in [0.1, 0.15) is 11.6 Å². The number of esters is 1. The maximum Gasteiger partial charge on any atom is 0.314 e. The number of benzene rings is 1. The molecule has 2 heterocycles. The third-order valence-corrected chi connectivity index (χ3v) is 5.63. The fourth-order valence-electron chi connectivity index (χ4n) is 4.04. The van der Waals surface area contributed by atoms with Crippen molar-refractivity contribution in [2.24, 2.45) is 5.41 Å². The van der Waals surface area contributed by atoms with Crippen molar-refractivity contribution in [2.45, 2.75) is 46.5 Å². The van der Waals surface area contributed by atoms with Crippen LogP contribution in [0.15, 0.2) is 28.8 Å². The quantitative estimate of drug-likeness (QED) is 0.693. The number of likely N-dealkylation sites (tertiary alicyclic amines) is 1. The smallest absolute Gasteiger partial charge is 0.314 e. The minimum atomic E-state index is -0.954. The van der Waals surface area contributed by atoms with Crippen LogP contribution in [0.1, 0.15) is 42.3 Å². The monoisotopic (exact) mass is 402 g/mol. The summed E-state index contributed by atoms with van der Waals surface area (Å²) in [6.07, 6.45) is 1.57. The topological polar surface area (TPSA) is 72.6 Å². The molecule has 1 fully saturated rings.